The molecule has 6 N–H and O–H groups in total. The van der Waals surface area contributed by atoms with Crippen molar-refractivity contribution in [2.24, 2.45) is 38.9 Å². The Morgan fingerprint density at radius 1 is 0.505 bits per heavy atom. The van der Waals surface area contributed by atoms with Crippen LogP contribution in [-0.4, -0.2) is 148 Å². The van der Waals surface area contributed by atoms with Gasteiger partial charge >= 0.3 is 24.1 Å². The Bertz CT molecular complexity index is 3990. The van der Waals surface area contributed by atoms with E-state index in [2.05, 4.69) is 154 Å². The number of nitrogens with zero attached hydrogens (tertiary/aromatic N) is 6. The largest absolute Gasteiger partial charge is 0.481 e. The van der Waals surface area contributed by atoms with Crippen LogP contribution >= 0.6 is 110 Å². The second-order valence-corrected chi connectivity index (χ2v) is 38.3. The lowest BCUT2D eigenvalue weighted by Crippen LogP contribution is -2.65. The smallest absolute Gasteiger partial charge is 0.410 e. The summed E-state index contributed by atoms with van der Waals surface area (Å²) in [4.78, 5) is 66.0. The Hall–Kier alpha value is -4.02. The average Bonchev–Trinajstić information content (AvgIpc) is 1.57. The van der Waals surface area contributed by atoms with Crippen LogP contribution in [0, 0.1) is 38.9 Å². The number of carbonyl (C=O) groups excluding carboxylic acids is 2. The summed E-state index contributed by atoms with van der Waals surface area (Å²) in [5.74, 6) is 0.395. The minimum atomic E-state index is -0.716. The quantitative estimate of drug-likeness (QED) is 0.0696. The number of nitrogens with two attached hydrogens (primary N) is 1. The van der Waals surface area contributed by atoms with E-state index in [1.807, 2.05) is 87.3 Å². The molecule has 10 aliphatic rings. The maximum absolute atomic E-state index is 12.1. The summed E-state index contributed by atoms with van der Waals surface area (Å²) in [7, 11) is 2.22. The first-order valence-corrected chi connectivity index (χ1v) is 38.7. The van der Waals surface area contributed by atoms with Crippen LogP contribution in [0.3, 0.4) is 0 Å². The topological polar surface area (TPSA) is 226 Å². The molecule has 4 aromatic carbocycles. The molecule has 3 aromatic heterocycles. The van der Waals surface area contributed by atoms with Gasteiger partial charge in [-0.25, -0.2) is 24.5 Å². The second kappa shape index (κ2) is 27.5. The van der Waals surface area contributed by atoms with Crippen molar-refractivity contribution in [3.05, 3.63) is 106 Å². The SMILES string of the molecule is Brc1ccc2sc(C3CC4(CNC4)C3)nc2c1.CC(C)(C)OC(=O)N1CC2(CC(C(=O)O)C2)C1.CC(C)(C)OC(=O)N1CC2(CC(c3nc4cc(Br)ccc4s3)C2)C1.CN1CC2(CC(c3nc4cc(Br)ccc4s3)C2)C1.Nc1cc(Br)ccc1S.O=C(O)C1CC2(CNC2)C1. The lowest BCUT2D eigenvalue weighted by atomic mass is 9.58. The summed E-state index contributed by atoms with van der Waals surface area (Å²) in [6.07, 6.45) is 10.3. The predicted molar refractivity (Wildman–Crippen MR) is 395 cm³/mol. The van der Waals surface area contributed by atoms with Gasteiger partial charge in [0, 0.05) is 123 Å². The third kappa shape index (κ3) is 16.4. The molecule has 17 rings (SSSR count). The number of carbonyl (C=O) groups is 4. The second-order valence-electron chi connectivity index (χ2n) is 31.0. The van der Waals surface area contributed by atoms with Crippen molar-refractivity contribution >= 4 is 171 Å². The highest BCUT2D eigenvalue weighted by Crippen LogP contribution is 2.59. The van der Waals surface area contributed by atoms with E-state index in [9.17, 15) is 19.2 Å². The third-order valence-corrected chi connectivity index (χ3v) is 26.2. The predicted octanol–water partition coefficient (Wildman–Crippen LogP) is 16.7. The van der Waals surface area contributed by atoms with Gasteiger partial charge in [-0.2, -0.15) is 0 Å². The van der Waals surface area contributed by atoms with E-state index in [4.69, 9.17) is 40.4 Å². The number of nitrogens with one attached hydrogen (secondary N) is 2. The number of anilines is 1. The molecule has 0 radical (unpaired) electrons. The molecule has 2 amide bonds. The fourth-order valence-electron chi connectivity index (χ4n) is 15.5. The first-order chi connectivity index (χ1) is 44.7. The van der Waals surface area contributed by atoms with Crippen LogP contribution in [0.15, 0.2) is 95.6 Å². The molecular weight excluding hydrogens is 1540 g/mol. The van der Waals surface area contributed by atoms with Crippen LogP contribution < -0.4 is 16.4 Å². The van der Waals surface area contributed by atoms with Gasteiger partial charge in [-0.05, 0) is 202 Å². The normalized spacial score (nSPS) is 22.2. The van der Waals surface area contributed by atoms with E-state index in [1.165, 1.54) is 81.0 Å². The Morgan fingerprint density at radius 2 is 0.811 bits per heavy atom. The first-order valence-electron chi connectivity index (χ1n) is 32.7. The number of thiol groups is 1. The van der Waals surface area contributed by atoms with Gasteiger partial charge in [-0.15, -0.1) is 46.6 Å². The number of rotatable bonds is 5. The number of amides is 2. The molecule has 5 spiro atoms. The Morgan fingerprint density at radius 3 is 1.12 bits per heavy atom. The number of nitrogen functional groups attached to an aromatic ring is 1. The van der Waals surface area contributed by atoms with E-state index >= 15 is 0 Å². The lowest BCUT2D eigenvalue weighted by molar-refractivity contribution is -0.159. The number of hydrogen-bond acceptors (Lipinski definition) is 17. The third-order valence-electron chi connectivity index (χ3n) is 20.2. The van der Waals surface area contributed by atoms with Gasteiger partial charge in [0.25, 0.3) is 0 Å². The molecule has 5 aliphatic carbocycles. The van der Waals surface area contributed by atoms with Crippen molar-refractivity contribution in [1.82, 2.24) is 40.3 Å². The van der Waals surface area contributed by atoms with Crippen LogP contribution in [0.4, 0.5) is 15.3 Å². The van der Waals surface area contributed by atoms with Crippen LogP contribution in [0.1, 0.15) is 139 Å². The molecule has 8 heterocycles. The summed E-state index contributed by atoms with van der Waals surface area (Å²) in [5.41, 5.74) is 10.8. The minimum Gasteiger partial charge on any atom is -0.481 e. The highest BCUT2D eigenvalue weighted by Gasteiger charge is 2.58. The summed E-state index contributed by atoms with van der Waals surface area (Å²) in [6, 6.07) is 24.6. The van der Waals surface area contributed by atoms with Gasteiger partial charge in [0.2, 0.25) is 0 Å². The molecule has 0 bridgehead atoms. The monoisotopic (exact) mass is 1620 g/mol. The van der Waals surface area contributed by atoms with E-state index in [-0.39, 0.29) is 29.4 Å². The molecule has 10 fully saturated rings. The van der Waals surface area contributed by atoms with Crippen molar-refractivity contribution < 1.29 is 38.9 Å². The number of carboxylic acids is 2. The first kappa shape index (κ1) is 70.8. The van der Waals surface area contributed by atoms with Crippen LogP contribution in [0.5, 0.6) is 0 Å². The fraction of sp³-hybridized carbons (Fsp3) is 0.557. The van der Waals surface area contributed by atoms with Crippen LogP contribution in [0.2, 0.25) is 0 Å². The Kier molecular flexibility index (Phi) is 20.5. The zero-order chi connectivity index (χ0) is 67.8. The highest BCUT2D eigenvalue weighted by atomic mass is 79.9. The number of hydrogen-bond donors (Lipinski definition) is 6. The summed E-state index contributed by atoms with van der Waals surface area (Å²) in [6.45, 7) is 21.3. The highest BCUT2D eigenvalue weighted by molar-refractivity contribution is 9.11. The molecule has 5 saturated carbocycles. The van der Waals surface area contributed by atoms with Crippen molar-refractivity contribution in [1.29, 1.82) is 0 Å². The standard InChI is InChI=1S/C18H21BrN2O2S.C14H15BrN2S.C13H13BrN2S.C12H19NO4.C7H11NO2.C6H6BrNS/c1-17(2,3)23-16(22)21-9-18(10-21)7-11(8-18)15-20-13-6-12(19)4-5-14(13)24-15;1-17-7-14(8-17)5-9(6-14)13-16-11-4-10(15)2-3-12(11)18-13;14-9-1-2-11-10(3-9)16-12(17-11)8-4-13(5-8)6-15-7-13;1-11(2,3)17-10(16)13-6-12(7-13)4-8(5-12)9(14)15;9-6(10)5-1-7(2-5)3-8-4-7;7-4-1-2-6(9)5(8)3-4/h4-6,11H,7-10H2,1-3H3;2-4,9H,5-8H2,1H3;1-3,8,15H,4-7H2;8H,4-7H2,1-3H3,(H,14,15);5,8H,1-4H2,(H,9,10);1-3,9H,8H2. The van der Waals surface area contributed by atoms with Crippen molar-refractivity contribution in [3.63, 3.8) is 0 Å². The van der Waals surface area contributed by atoms with Crippen molar-refractivity contribution in [2.45, 2.75) is 140 Å². The molecule has 0 atom stereocenters. The molecule has 25 heteroatoms. The van der Waals surface area contributed by atoms with Gasteiger partial charge in [0.05, 0.1) is 57.5 Å². The van der Waals surface area contributed by atoms with E-state index in [1.54, 1.807) is 16.2 Å². The maximum Gasteiger partial charge on any atom is 0.410 e. The fourth-order valence-corrected chi connectivity index (χ4v) is 20.2. The van der Waals surface area contributed by atoms with Crippen molar-refractivity contribution in [2.75, 3.05) is 78.2 Å². The minimum absolute atomic E-state index is 0.0397. The number of fused-ring (bicyclic) bond motifs is 3. The molecule has 17 nitrogen and oxygen atoms in total. The van der Waals surface area contributed by atoms with E-state index < -0.39 is 23.1 Å². The molecule has 95 heavy (non-hydrogen) atoms. The zero-order valence-electron chi connectivity index (χ0n) is 54.7. The Balaban J connectivity index is 0.000000112. The zero-order valence-corrected chi connectivity index (χ0v) is 64.4. The number of ether oxygens (including phenoxy) is 2. The van der Waals surface area contributed by atoms with Crippen LogP contribution in [0.25, 0.3) is 30.6 Å². The van der Waals surface area contributed by atoms with Crippen LogP contribution in [-0.2, 0) is 19.1 Å². The van der Waals surface area contributed by atoms with Gasteiger partial charge in [0.15, 0.2) is 0 Å². The average molecular weight is 1630 g/mol. The Labute approximate surface area is 607 Å². The number of benzene rings is 4. The summed E-state index contributed by atoms with van der Waals surface area (Å²) < 4.78 is 18.9. The molecule has 5 aliphatic heterocycles. The molecule has 0 unspecified atom stereocenters. The molecular formula is C70H85Br4N9O8S4. The number of halogens is 4. The van der Waals surface area contributed by atoms with E-state index in [0.29, 0.717) is 65.1 Å². The van der Waals surface area contributed by atoms with Gasteiger partial charge in [-0.1, -0.05) is 63.7 Å². The van der Waals surface area contributed by atoms with Gasteiger partial charge in [-0.3, -0.25) is 9.59 Å². The summed E-state index contributed by atoms with van der Waals surface area (Å²) >= 11 is 23.5. The maximum atomic E-state index is 12.1. The number of aliphatic carboxylic acids is 2. The van der Waals surface area contributed by atoms with E-state index in [0.717, 1.165) is 97.1 Å². The molecule has 7 aromatic rings. The van der Waals surface area contributed by atoms with Gasteiger partial charge < -0.3 is 50.8 Å². The lowest BCUT2D eigenvalue weighted by Gasteiger charge is -2.58. The number of carboxylic acid groups (broad SMARTS) is 2. The van der Waals surface area contributed by atoms with Gasteiger partial charge in [0.1, 0.15) is 11.2 Å². The summed E-state index contributed by atoms with van der Waals surface area (Å²) in [5, 5.41) is 27.9. The number of thiazole rings is 3. The number of likely N-dealkylation sites (tertiary alicyclic amines) is 3. The molecule has 5 saturated heterocycles. The molecule has 510 valence electrons. The van der Waals surface area contributed by atoms with Crippen molar-refractivity contribution in [3.8, 4) is 0 Å². The number of aromatic nitrogens is 3.